The van der Waals surface area contributed by atoms with Crippen LogP contribution in [0, 0.1) is 0 Å². The Balaban J connectivity index is 1.65. The minimum absolute atomic E-state index is 0.178. The molecule has 126 valence electrons. The predicted octanol–water partition coefficient (Wildman–Crippen LogP) is 2.27. The number of benzene rings is 2. The van der Waals surface area contributed by atoms with Gasteiger partial charge >= 0.3 is 5.97 Å². The fraction of sp³-hybridized carbons (Fsp3) is 0.350. The largest absolute Gasteiger partial charge is 0.464 e. The predicted molar refractivity (Wildman–Crippen MR) is 95.0 cm³/mol. The first-order chi connectivity index (χ1) is 11.8. The Hall–Kier alpha value is -2.17. The van der Waals surface area contributed by atoms with Crippen molar-refractivity contribution in [3.8, 4) is 0 Å². The molecule has 0 amide bonds. The monoisotopic (exact) mass is 324 g/mol. The number of ether oxygens (including phenoxy) is 1. The second kappa shape index (κ2) is 8.62. The van der Waals surface area contributed by atoms with Crippen molar-refractivity contribution >= 4 is 5.97 Å². The highest BCUT2D eigenvalue weighted by Crippen LogP contribution is 2.25. The maximum atomic E-state index is 12.7. The van der Waals surface area contributed by atoms with E-state index in [1.54, 1.807) is 0 Å². The Bertz CT molecular complexity index is 585. The van der Waals surface area contributed by atoms with Crippen LogP contribution in [0.4, 0.5) is 0 Å². The van der Waals surface area contributed by atoms with E-state index >= 15 is 0 Å². The lowest BCUT2D eigenvalue weighted by Crippen LogP contribution is -2.44. The summed E-state index contributed by atoms with van der Waals surface area (Å²) in [5.41, 5.74) is 1.94. The van der Waals surface area contributed by atoms with Crippen molar-refractivity contribution < 1.29 is 9.53 Å². The van der Waals surface area contributed by atoms with Gasteiger partial charge in [0.2, 0.25) is 0 Å². The summed E-state index contributed by atoms with van der Waals surface area (Å²) in [5, 5.41) is 3.33. The molecule has 24 heavy (non-hydrogen) atoms. The van der Waals surface area contributed by atoms with E-state index in [4.69, 9.17) is 4.74 Å². The lowest BCUT2D eigenvalue weighted by atomic mass is 9.91. The molecule has 0 unspecified atom stereocenters. The summed E-state index contributed by atoms with van der Waals surface area (Å²) in [6.45, 7) is 5.27. The number of nitrogens with zero attached hydrogens (tertiary/aromatic N) is 1. The van der Waals surface area contributed by atoms with Gasteiger partial charge in [-0.25, -0.2) is 0 Å². The Morgan fingerprint density at radius 3 is 2.04 bits per heavy atom. The van der Waals surface area contributed by atoms with Crippen LogP contribution in [0.25, 0.3) is 0 Å². The van der Waals surface area contributed by atoms with Crippen molar-refractivity contribution in [2.75, 3.05) is 39.3 Å². The normalized spacial score (nSPS) is 15.4. The van der Waals surface area contributed by atoms with Gasteiger partial charge in [0.05, 0.1) is 0 Å². The van der Waals surface area contributed by atoms with Crippen LogP contribution in [0.1, 0.15) is 17.0 Å². The molecular weight excluding hydrogens is 300 g/mol. The van der Waals surface area contributed by atoms with Crippen LogP contribution in [0.5, 0.6) is 0 Å². The summed E-state index contributed by atoms with van der Waals surface area (Å²) in [6, 6.07) is 19.7. The van der Waals surface area contributed by atoms with Gasteiger partial charge in [-0.3, -0.25) is 9.69 Å². The van der Waals surface area contributed by atoms with Gasteiger partial charge in [0.15, 0.2) is 0 Å². The lowest BCUT2D eigenvalue weighted by molar-refractivity contribution is -0.144. The van der Waals surface area contributed by atoms with Crippen molar-refractivity contribution in [3.63, 3.8) is 0 Å². The highest BCUT2D eigenvalue weighted by Gasteiger charge is 2.24. The first-order valence-corrected chi connectivity index (χ1v) is 8.54. The first-order valence-electron chi connectivity index (χ1n) is 8.54. The summed E-state index contributed by atoms with van der Waals surface area (Å²) in [6.07, 6.45) is 0. The van der Waals surface area contributed by atoms with Crippen LogP contribution in [0.2, 0.25) is 0 Å². The molecule has 1 saturated heterocycles. The number of esters is 1. The van der Waals surface area contributed by atoms with Crippen LogP contribution >= 0.6 is 0 Å². The number of carbonyl (C=O) groups excluding carboxylic acids is 1. The topological polar surface area (TPSA) is 41.6 Å². The molecule has 1 N–H and O–H groups in total. The van der Waals surface area contributed by atoms with E-state index in [0.717, 1.165) is 43.9 Å². The van der Waals surface area contributed by atoms with Gasteiger partial charge in [-0.05, 0) is 11.1 Å². The number of carbonyl (C=O) groups is 1. The van der Waals surface area contributed by atoms with Gasteiger partial charge in [0.25, 0.3) is 0 Å². The number of piperazine rings is 1. The SMILES string of the molecule is O=C(OCCN1CCNCC1)C(c1ccccc1)c1ccccc1. The zero-order valence-corrected chi connectivity index (χ0v) is 13.9. The molecule has 0 aliphatic carbocycles. The molecule has 1 aliphatic heterocycles. The summed E-state index contributed by atoms with van der Waals surface area (Å²) in [7, 11) is 0. The number of hydrogen-bond donors (Lipinski definition) is 1. The molecular formula is C20H24N2O2. The summed E-state index contributed by atoms with van der Waals surface area (Å²) >= 11 is 0. The van der Waals surface area contributed by atoms with E-state index in [1.807, 2.05) is 60.7 Å². The fourth-order valence-electron chi connectivity index (χ4n) is 3.05. The van der Waals surface area contributed by atoms with E-state index in [1.165, 1.54) is 0 Å². The zero-order chi connectivity index (χ0) is 16.6. The second-order valence-corrected chi connectivity index (χ2v) is 6.01. The maximum absolute atomic E-state index is 12.7. The standard InChI is InChI=1S/C20H24N2O2/c23-20(24-16-15-22-13-11-21-12-14-22)19(17-7-3-1-4-8-17)18-9-5-2-6-10-18/h1-10,19,21H,11-16H2. The Labute approximate surface area is 143 Å². The summed E-state index contributed by atoms with van der Waals surface area (Å²) in [5.74, 6) is -0.544. The third-order valence-corrected chi connectivity index (χ3v) is 4.36. The van der Waals surface area contributed by atoms with Crippen molar-refractivity contribution in [2.45, 2.75) is 5.92 Å². The van der Waals surface area contributed by atoms with Crippen molar-refractivity contribution in [2.24, 2.45) is 0 Å². The van der Waals surface area contributed by atoms with Crippen molar-refractivity contribution in [1.29, 1.82) is 0 Å². The third kappa shape index (κ3) is 4.43. The van der Waals surface area contributed by atoms with E-state index in [9.17, 15) is 4.79 Å². The number of nitrogens with one attached hydrogen (secondary N) is 1. The van der Waals surface area contributed by atoms with Gasteiger partial charge in [-0.15, -0.1) is 0 Å². The van der Waals surface area contributed by atoms with Gasteiger partial charge in [-0.2, -0.15) is 0 Å². The van der Waals surface area contributed by atoms with Crippen molar-refractivity contribution in [3.05, 3.63) is 71.8 Å². The molecule has 0 radical (unpaired) electrons. The summed E-state index contributed by atoms with van der Waals surface area (Å²) < 4.78 is 5.61. The van der Waals surface area contributed by atoms with Crippen molar-refractivity contribution in [1.82, 2.24) is 10.2 Å². The molecule has 4 nitrogen and oxygen atoms in total. The van der Waals surface area contributed by atoms with Gasteiger partial charge in [0, 0.05) is 32.7 Å². The van der Waals surface area contributed by atoms with Crippen LogP contribution in [-0.2, 0) is 9.53 Å². The average molecular weight is 324 g/mol. The molecule has 0 spiro atoms. The van der Waals surface area contributed by atoms with Crippen LogP contribution in [0.15, 0.2) is 60.7 Å². The molecule has 0 bridgehead atoms. The smallest absolute Gasteiger partial charge is 0.317 e. The molecule has 4 heteroatoms. The van der Waals surface area contributed by atoms with E-state index in [0.29, 0.717) is 6.61 Å². The molecule has 1 heterocycles. The molecule has 0 atom stereocenters. The molecule has 2 aromatic rings. The van der Waals surface area contributed by atoms with Crippen LogP contribution in [0.3, 0.4) is 0 Å². The van der Waals surface area contributed by atoms with Gasteiger partial charge in [0.1, 0.15) is 12.5 Å². The van der Waals surface area contributed by atoms with E-state index < -0.39 is 0 Å². The molecule has 3 rings (SSSR count). The fourth-order valence-corrected chi connectivity index (χ4v) is 3.05. The Morgan fingerprint density at radius 2 is 1.50 bits per heavy atom. The minimum Gasteiger partial charge on any atom is -0.464 e. The number of hydrogen-bond acceptors (Lipinski definition) is 4. The number of rotatable bonds is 6. The van der Waals surface area contributed by atoms with Gasteiger partial charge in [-0.1, -0.05) is 60.7 Å². The summed E-state index contributed by atoms with van der Waals surface area (Å²) in [4.78, 5) is 15.1. The average Bonchev–Trinajstić information content (AvgIpc) is 2.65. The molecule has 2 aromatic carbocycles. The lowest BCUT2D eigenvalue weighted by Gasteiger charge is -2.27. The molecule has 0 saturated carbocycles. The quantitative estimate of drug-likeness (QED) is 0.828. The Kier molecular flexibility index (Phi) is 5.99. The highest BCUT2D eigenvalue weighted by molar-refractivity contribution is 5.82. The molecule has 0 aromatic heterocycles. The highest BCUT2D eigenvalue weighted by atomic mass is 16.5. The zero-order valence-electron chi connectivity index (χ0n) is 13.9. The van der Waals surface area contributed by atoms with Gasteiger partial charge < -0.3 is 10.1 Å². The Morgan fingerprint density at radius 1 is 0.958 bits per heavy atom. The maximum Gasteiger partial charge on any atom is 0.317 e. The van der Waals surface area contributed by atoms with E-state index in [2.05, 4.69) is 10.2 Å². The third-order valence-electron chi connectivity index (χ3n) is 4.36. The van der Waals surface area contributed by atoms with E-state index in [-0.39, 0.29) is 11.9 Å². The van der Waals surface area contributed by atoms with Crippen LogP contribution in [-0.4, -0.2) is 50.2 Å². The van der Waals surface area contributed by atoms with Crippen LogP contribution < -0.4 is 5.32 Å². The first kappa shape index (κ1) is 16.7. The minimum atomic E-state index is -0.365. The molecule has 1 fully saturated rings. The molecule has 1 aliphatic rings. The second-order valence-electron chi connectivity index (χ2n) is 6.01.